The highest BCUT2D eigenvalue weighted by Crippen LogP contribution is 2.43. The van der Waals surface area contributed by atoms with Crippen LogP contribution in [0.5, 0.6) is 0 Å². The fourth-order valence-corrected chi connectivity index (χ4v) is 7.50. The topological polar surface area (TPSA) is 155 Å². The molecule has 0 spiro atoms. The van der Waals surface area contributed by atoms with Gasteiger partial charge < -0.3 is 25.2 Å². The van der Waals surface area contributed by atoms with E-state index in [2.05, 4.69) is 98.9 Å². The van der Waals surface area contributed by atoms with Gasteiger partial charge >= 0.3 is 19.8 Å². The van der Waals surface area contributed by atoms with E-state index in [-0.39, 0.29) is 13.0 Å². The number of rotatable bonds is 48. The highest BCUT2D eigenvalue weighted by atomic mass is 31.2. The molecule has 0 heterocycles. The van der Waals surface area contributed by atoms with Gasteiger partial charge in [0.2, 0.25) is 0 Å². The van der Waals surface area contributed by atoms with Crippen LogP contribution < -0.4 is 5.73 Å². The quantitative estimate of drug-likeness (QED) is 0.0232. The molecule has 0 radical (unpaired) electrons. The van der Waals surface area contributed by atoms with Gasteiger partial charge in [0.1, 0.15) is 12.1 Å². The smallest absolute Gasteiger partial charge is 0.472 e. The SMILES string of the molecule is CC/C=C\C/C=C\C/C=C\C/C=C\C/C=C\CCCCCCCCCC(=O)OC(COCCCCCCCCCCCC/C=C\C/C=C\CCCCC)COP(=O)(O)OCC(N)C(=O)O. The van der Waals surface area contributed by atoms with Crippen LogP contribution in [0.25, 0.3) is 0 Å². The minimum Gasteiger partial charge on any atom is -0.480 e. The van der Waals surface area contributed by atoms with Crippen molar-refractivity contribution in [1.82, 2.24) is 0 Å². The number of allylic oxidation sites excluding steroid dienone is 14. The molecule has 0 aromatic heterocycles. The summed E-state index contributed by atoms with van der Waals surface area (Å²) in [7, 11) is -4.63. The molecule has 0 rings (SSSR count). The van der Waals surface area contributed by atoms with Gasteiger partial charge in [0.15, 0.2) is 0 Å². The minimum absolute atomic E-state index is 0.00592. The average molecular weight is 932 g/mol. The number of hydrogen-bond donors (Lipinski definition) is 3. The summed E-state index contributed by atoms with van der Waals surface area (Å²) < 4.78 is 33.5. The molecule has 374 valence electrons. The lowest BCUT2D eigenvalue weighted by molar-refractivity contribution is -0.154. The van der Waals surface area contributed by atoms with Crippen LogP contribution in [0.4, 0.5) is 0 Å². The molecule has 0 aromatic carbocycles. The molecule has 0 aromatic rings. The van der Waals surface area contributed by atoms with Crippen LogP contribution in [0.15, 0.2) is 85.1 Å². The zero-order valence-electron chi connectivity index (χ0n) is 41.1. The Balaban J connectivity index is 4.19. The number of aliphatic carboxylic acids is 1. The van der Waals surface area contributed by atoms with Gasteiger partial charge in [-0.2, -0.15) is 0 Å². The Morgan fingerprint density at radius 3 is 1.34 bits per heavy atom. The number of carboxylic acids is 1. The Morgan fingerprint density at radius 2 is 0.892 bits per heavy atom. The second kappa shape index (κ2) is 49.1. The molecular formula is C54H94NO9P. The first-order valence-electron chi connectivity index (χ1n) is 25.6. The minimum atomic E-state index is -4.63. The largest absolute Gasteiger partial charge is 0.480 e. The third-order valence-corrected chi connectivity index (χ3v) is 11.6. The zero-order valence-corrected chi connectivity index (χ0v) is 42.0. The fourth-order valence-electron chi connectivity index (χ4n) is 6.72. The molecule has 4 N–H and O–H groups in total. The van der Waals surface area contributed by atoms with Crippen molar-refractivity contribution in [2.24, 2.45) is 5.73 Å². The number of esters is 1. The van der Waals surface area contributed by atoms with Gasteiger partial charge in [0, 0.05) is 13.0 Å². The summed E-state index contributed by atoms with van der Waals surface area (Å²) in [6.45, 7) is 3.73. The maximum Gasteiger partial charge on any atom is 0.472 e. The average Bonchev–Trinajstić information content (AvgIpc) is 3.29. The van der Waals surface area contributed by atoms with Gasteiger partial charge in [-0.15, -0.1) is 0 Å². The number of phosphoric ester groups is 1. The number of carbonyl (C=O) groups excluding carboxylic acids is 1. The molecule has 0 fully saturated rings. The van der Waals surface area contributed by atoms with Crippen LogP contribution in [-0.2, 0) is 32.7 Å². The summed E-state index contributed by atoms with van der Waals surface area (Å²) in [5.74, 6) is -1.79. The lowest BCUT2D eigenvalue weighted by Crippen LogP contribution is -2.34. The first kappa shape index (κ1) is 62.1. The Hall–Kier alpha value is -2.85. The van der Waals surface area contributed by atoms with Crippen LogP contribution in [0.2, 0.25) is 0 Å². The molecule has 0 amide bonds. The molecule has 0 bridgehead atoms. The second-order valence-corrected chi connectivity index (χ2v) is 18.4. The molecule has 0 saturated carbocycles. The Kier molecular flexibility index (Phi) is 46.9. The highest BCUT2D eigenvalue weighted by Gasteiger charge is 2.27. The molecular weight excluding hydrogens is 838 g/mol. The third-order valence-electron chi connectivity index (χ3n) is 10.7. The normalized spacial score (nSPS) is 14.4. The molecule has 0 aliphatic rings. The lowest BCUT2D eigenvalue weighted by atomic mass is 10.1. The van der Waals surface area contributed by atoms with E-state index in [1.807, 2.05) is 0 Å². The lowest BCUT2D eigenvalue weighted by Gasteiger charge is -2.20. The summed E-state index contributed by atoms with van der Waals surface area (Å²) in [6.07, 6.45) is 63.5. The first-order chi connectivity index (χ1) is 31.7. The van der Waals surface area contributed by atoms with Gasteiger partial charge in [-0.1, -0.05) is 195 Å². The molecule has 0 aliphatic heterocycles. The van der Waals surface area contributed by atoms with Gasteiger partial charge in [-0.3, -0.25) is 18.6 Å². The van der Waals surface area contributed by atoms with Crippen LogP contribution in [0.3, 0.4) is 0 Å². The monoisotopic (exact) mass is 932 g/mol. The van der Waals surface area contributed by atoms with E-state index in [1.54, 1.807) is 0 Å². The van der Waals surface area contributed by atoms with Crippen molar-refractivity contribution in [3.05, 3.63) is 85.1 Å². The van der Waals surface area contributed by atoms with Crippen molar-refractivity contribution in [2.75, 3.05) is 26.4 Å². The summed E-state index contributed by atoms with van der Waals surface area (Å²) in [4.78, 5) is 33.7. The maximum absolute atomic E-state index is 12.7. The Morgan fingerprint density at radius 1 is 0.508 bits per heavy atom. The van der Waals surface area contributed by atoms with E-state index in [0.29, 0.717) is 13.0 Å². The van der Waals surface area contributed by atoms with Crippen molar-refractivity contribution in [3.8, 4) is 0 Å². The third kappa shape index (κ3) is 48.9. The number of nitrogens with two attached hydrogens (primary N) is 1. The number of carbonyl (C=O) groups is 2. The summed E-state index contributed by atoms with van der Waals surface area (Å²) >= 11 is 0. The fraction of sp³-hybridized carbons (Fsp3) is 0.704. The molecule has 3 unspecified atom stereocenters. The molecule has 3 atom stereocenters. The van der Waals surface area contributed by atoms with Gasteiger partial charge in [0.25, 0.3) is 0 Å². The Labute approximate surface area is 397 Å². The Bertz CT molecular complexity index is 1360. The van der Waals surface area contributed by atoms with Crippen LogP contribution in [0, 0.1) is 0 Å². The number of hydrogen-bond acceptors (Lipinski definition) is 8. The van der Waals surface area contributed by atoms with E-state index in [1.165, 1.54) is 96.3 Å². The maximum atomic E-state index is 12.7. The first-order valence-corrected chi connectivity index (χ1v) is 27.1. The van der Waals surface area contributed by atoms with Crippen molar-refractivity contribution >= 4 is 19.8 Å². The van der Waals surface area contributed by atoms with Crippen molar-refractivity contribution in [3.63, 3.8) is 0 Å². The van der Waals surface area contributed by atoms with Crippen LogP contribution >= 0.6 is 7.82 Å². The zero-order chi connectivity index (χ0) is 47.6. The molecule has 0 aliphatic carbocycles. The van der Waals surface area contributed by atoms with E-state index >= 15 is 0 Å². The standard InChI is InChI=1S/C54H94NO9P/c1-3-5-7-9-11-13-15-17-19-21-23-25-26-27-28-30-32-34-36-38-40-42-44-46-53(56)64-51(49-62-65(59,60)63-50-52(55)54(57)58)48-61-47-45-43-41-39-37-35-33-31-29-24-22-20-18-16-14-12-10-8-6-4-2/h5,7,11-14,17-20,23,25,27-28,51-52H,3-4,6,8-10,15-16,21-22,24,26,29-50,55H2,1-2H3,(H,57,58)(H,59,60)/b7-5-,13-11-,14-12-,19-17-,20-18-,25-23-,28-27-. The second-order valence-electron chi connectivity index (χ2n) is 16.9. The van der Waals surface area contributed by atoms with Crippen molar-refractivity contribution < 1.29 is 42.7 Å². The molecule has 11 heteroatoms. The number of phosphoric acid groups is 1. The summed E-state index contributed by atoms with van der Waals surface area (Å²) in [5, 5.41) is 8.93. The van der Waals surface area contributed by atoms with Gasteiger partial charge in [-0.25, -0.2) is 4.57 Å². The van der Waals surface area contributed by atoms with E-state index in [9.17, 15) is 19.0 Å². The highest BCUT2D eigenvalue weighted by molar-refractivity contribution is 7.47. The van der Waals surface area contributed by atoms with Crippen molar-refractivity contribution in [2.45, 2.75) is 219 Å². The summed E-state index contributed by atoms with van der Waals surface area (Å²) in [6, 6.07) is -1.48. The number of unbranched alkanes of at least 4 members (excludes halogenated alkanes) is 20. The predicted molar refractivity (Wildman–Crippen MR) is 272 cm³/mol. The van der Waals surface area contributed by atoms with Gasteiger partial charge in [-0.05, 0) is 89.9 Å². The summed E-state index contributed by atoms with van der Waals surface area (Å²) in [5.41, 5.74) is 5.38. The van der Waals surface area contributed by atoms with Crippen LogP contribution in [0.1, 0.15) is 206 Å². The molecule has 0 saturated heterocycles. The van der Waals surface area contributed by atoms with Crippen molar-refractivity contribution in [1.29, 1.82) is 0 Å². The number of carboxylic acid groups (broad SMARTS) is 1. The van der Waals surface area contributed by atoms with Gasteiger partial charge in [0.05, 0.1) is 19.8 Å². The van der Waals surface area contributed by atoms with E-state index in [0.717, 1.165) is 83.5 Å². The van der Waals surface area contributed by atoms with E-state index in [4.69, 9.17) is 29.4 Å². The van der Waals surface area contributed by atoms with Crippen LogP contribution in [-0.4, -0.2) is 60.5 Å². The molecule has 10 nitrogen and oxygen atoms in total. The molecule has 65 heavy (non-hydrogen) atoms. The predicted octanol–water partition coefficient (Wildman–Crippen LogP) is 15.1. The van der Waals surface area contributed by atoms with E-state index < -0.39 is 45.1 Å². The number of ether oxygens (including phenoxy) is 2.